The first-order valence-corrected chi connectivity index (χ1v) is 7.07. The Morgan fingerprint density at radius 3 is 3.16 bits per heavy atom. The molecule has 1 fully saturated rings. The summed E-state index contributed by atoms with van der Waals surface area (Å²) < 4.78 is 1.50. The van der Waals surface area contributed by atoms with Gasteiger partial charge in [0.25, 0.3) is 4.96 Å². The quantitative estimate of drug-likeness (QED) is 0.683. The van der Waals surface area contributed by atoms with E-state index in [9.17, 15) is 15.2 Å². The molecule has 0 spiro atoms. The standard InChI is InChI=1S/C11H14N4O3S/c16-7-8-3-1-2-4-13(8)9-10(15(17)18)14-5-6-19-11(14)12-9/h5-6,8,16H,1-4,7H2. The Bertz CT molecular complexity index is 608. The second kappa shape index (κ2) is 4.78. The highest BCUT2D eigenvalue weighted by Gasteiger charge is 2.32. The van der Waals surface area contributed by atoms with Crippen LogP contribution in [0.4, 0.5) is 11.6 Å². The largest absolute Gasteiger partial charge is 0.394 e. The molecule has 3 heterocycles. The molecule has 8 heteroatoms. The fourth-order valence-electron chi connectivity index (χ4n) is 2.59. The number of aliphatic hydroxyl groups is 1. The number of thiazole rings is 1. The van der Waals surface area contributed by atoms with Gasteiger partial charge in [0.2, 0.25) is 5.82 Å². The molecule has 1 unspecified atom stereocenters. The second-order valence-corrected chi connectivity index (χ2v) is 5.47. The van der Waals surface area contributed by atoms with Gasteiger partial charge in [-0.15, -0.1) is 0 Å². The predicted molar refractivity (Wildman–Crippen MR) is 71.8 cm³/mol. The summed E-state index contributed by atoms with van der Waals surface area (Å²) in [5, 5.41) is 22.5. The van der Waals surface area contributed by atoms with Crippen LogP contribution in [0.2, 0.25) is 0 Å². The summed E-state index contributed by atoms with van der Waals surface area (Å²) in [5.41, 5.74) is 0. The zero-order chi connectivity index (χ0) is 13.4. The molecule has 2 aromatic heterocycles. The minimum atomic E-state index is -0.398. The van der Waals surface area contributed by atoms with E-state index in [-0.39, 0.29) is 18.5 Å². The molecule has 19 heavy (non-hydrogen) atoms. The number of piperidine rings is 1. The van der Waals surface area contributed by atoms with Gasteiger partial charge in [-0.1, -0.05) is 11.3 Å². The Kier molecular flexibility index (Phi) is 3.11. The average molecular weight is 282 g/mol. The van der Waals surface area contributed by atoms with Crippen LogP contribution in [0.3, 0.4) is 0 Å². The number of aromatic nitrogens is 2. The van der Waals surface area contributed by atoms with Crippen molar-refractivity contribution in [2.24, 2.45) is 0 Å². The highest BCUT2D eigenvalue weighted by Crippen LogP contribution is 2.34. The lowest BCUT2D eigenvalue weighted by Crippen LogP contribution is -2.42. The van der Waals surface area contributed by atoms with Crippen molar-refractivity contribution < 1.29 is 10.0 Å². The molecule has 1 atom stereocenters. The molecule has 0 bridgehead atoms. The van der Waals surface area contributed by atoms with E-state index in [0.717, 1.165) is 19.3 Å². The van der Waals surface area contributed by atoms with Gasteiger partial charge in [-0.05, 0) is 24.2 Å². The Morgan fingerprint density at radius 1 is 1.58 bits per heavy atom. The van der Waals surface area contributed by atoms with Crippen LogP contribution in [0, 0.1) is 10.1 Å². The third-order valence-corrected chi connectivity index (χ3v) is 4.26. The number of fused-ring (bicyclic) bond motifs is 1. The molecule has 0 aliphatic carbocycles. The fraction of sp³-hybridized carbons (Fsp3) is 0.545. The summed E-state index contributed by atoms with van der Waals surface area (Å²) in [6.45, 7) is 0.708. The number of nitrogens with zero attached hydrogens (tertiary/aromatic N) is 4. The van der Waals surface area contributed by atoms with Gasteiger partial charge in [-0.25, -0.2) is 0 Å². The van der Waals surface area contributed by atoms with Gasteiger partial charge in [0, 0.05) is 11.9 Å². The van der Waals surface area contributed by atoms with Gasteiger partial charge in [0.1, 0.15) is 6.20 Å². The maximum Gasteiger partial charge on any atom is 0.373 e. The average Bonchev–Trinajstić information content (AvgIpc) is 2.97. The molecular formula is C11H14N4O3S. The molecule has 1 aliphatic heterocycles. The molecule has 102 valence electrons. The number of hydrogen-bond donors (Lipinski definition) is 1. The predicted octanol–water partition coefficient (Wildman–Crippen LogP) is 1.66. The second-order valence-electron chi connectivity index (χ2n) is 4.60. The van der Waals surface area contributed by atoms with E-state index in [1.807, 2.05) is 4.90 Å². The molecule has 7 nitrogen and oxygen atoms in total. The lowest BCUT2D eigenvalue weighted by atomic mass is 10.0. The Hall–Kier alpha value is -1.67. The van der Waals surface area contributed by atoms with Gasteiger partial charge in [-0.2, -0.15) is 9.38 Å². The number of anilines is 1. The van der Waals surface area contributed by atoms with Crippen molar-refractivity contribution >= 4 is 27.9 Å². The molecule has 3 rings (SSSR count). The van der Waals surface area contributed by atoms with Gasteiger partial charge < -0.3 is 20.1 Å². The van der Waals surface area contributed by atoms with Crippen molar-refractivity contribution in [3.05, 3.63) is 21.7 Å². The van der Waals surface area contributed by atoms with E-state index in [4.69, 9.17) is 0 Å². The van der Waals surface area contributed by atoms with E-state index in [1.54, 1.807) is 11.6 Å². The van der Waals surface area contributed by atoms with Crippen molar-refractivity contribution in [2.45, 2.75) is 25.3 Å². The van der Waals surface area contributed by atoms with Gasteiger partial charge in [-0.3, -0.25) is 0 Å². The number of nitro groups is 1. The molecular weight excluding hydrogens is 268 g/mol. The zero-order valence-electron chi connectivity index (χ0n) is 10.2. The van der Waals surface area contributed by atoms with Gasteiger partial charge >= 0.3 is 5.82 Å². The smallest absolute Gasteiger partial charge is 0.373 e. The van der Waals surface area contributed by atoms with Crippen LogP contribution in [0.15, 0.2) is 11.6 Å². The Morgan fingerprint density at radius 2 is 2.42 bits per heavy atom. The molecule has 0 amide bonds. The first-order valence-electron chi connectivity index (χ1n) is 6.20. The summed E-state index contributed by atoms with van der Waals surface area (Å²) in [6.07, 6.45) is 4.52. The summed E-state index contributed by atoms with van der Waals surface area (Å²) in [5.74, 6) is 0.382. The summed E-state index contributed by atoms with van der Waals surface area (Å²) >= 11 is 1.37. The summed E-state index contributed by atoms with van der Waals surface area (Å²) in [4.78, 5) is 17.8. The zero-order valence-corrected chi connectivity index (χ0v) is 11.0. The normalized spacial score (nSPS) is 20.1. The van der Waals surface area contributed by atoms with Crippen LogP contribution in [0.1, 0.15) is 19.3 Å². The third-order valence-electron chi connectivity index (χ3n) is 3.50. The minimum absolute atomic E-state index is 0.00231. The van der Waals surface area contributed by atoms with Crippen LogP contribution in [-0.4, -0.2) is 38.6 Å². The molecule has 2 aromatic rings. The first-order chi connectivity index (χ1) is 9.22. The summed E-state index contributed by atoms with van der Waals surface area (Å²) in [6, 6.07) is -0.0722. The van der Waals surface area contributed by atoms with Crippen LogP contribution < -0.4 is 4.90 Å². The molecule has 1 aliphatic rings. The van der Waals surface area contributed by atoms with E-state index in [0.29, 0.717) is 17.3 Å². The maximum atomic E-state index is 11.3. The molecule has 0 aromatic carbocycles. The molecule has 0 radical (unpaired) electrons. The Balaban J connectivity index is 2.10. The summed E-state index contributed by atoms with van der Waals surface area (Å²) in [7, 11) is 0. The van der Waals surface area contributed by atoms with E-state index in [2.05, 4.69) is 4.98 Å². The lowest BCUT2D eigenvalue weighted by molar-refractivity contribution is -0.389. The SMILES string of the molecule is O=[N+]([O-])c1c(N2CCCCC2CO)nc2sccn12. The fourth-order valence-corrected chi connectivity index (χ4v) is 3.30. The van der Waals surface area contributed by atoms with Crippen molar-refractivity contribution in [2.75, 3.05) is 18.1 Å². The van der Waals surface area contributed by atoms with E-state index in [1.165, 1.54) is 15.7 Å². The van der Waals surface area contributed by atoms with Crippen LogP contribution >= 0.6 is 11.3 Å². The van der Waals surface area contributed by atoms with E-state index < -0.39 is 4.92 Å². The van der Waals surface area contributed by atoms with Gasteiger partial charge in [0.15, 0.2) is 0 Å². The Labute approximate surface area is 113 Å². The van der Waals surface area contributed by atoms with Crippen molar-refractivity contribution in [3.8, 4) is 0 Å². The first kappa shape index (κ1) is 12.4. The van der Waals surface area contributed by atoms with Crippen LogP contribution in [0.5, 0.6) is 0 Å². The van der Waals surface area contributed by atoms with Gasteiger partial charge in [0.05, 0.1) is 12.6 Å². The highest BCUT2D eigenvalue weighted by molar-refractivity contribution is 7.15. The third kappa shape index (κ3) is 1.96. The molecule has 0 saturated carbocycles. The topological polar surface area (TPSA) is 83.9 Å². The number of aliphatic hydroxyl groups excluding tert-OH is 1. The number of imidazole rings is 1. The van der Waals surface area contributed by atoms with Crippen LogP contribution in [-0.2, 0) is 0 Å². The van der Waals surface area contributed by atoms with Crippen LogP contribution in [0.25, 0.3) is 4.96 Å². The number of hydrogen-bond acceptors (Lipinski definition) is 6. The number of rotatable bonds is 3. The van der Waals surface area contributed by atoms with Crippen molar-refractivity contribution in [1.82, 2.24) is 9.38 Å². The monoisotopic (exact) mass is 282 g/mol. The van der Waals surface area contributed by atoms with Crippen molar-refractivity contribution in [1.29, 1.82) is 0 Å². The minimum Gasteiger partial charge on any atom is -0.394 e. The maximum absolute atomic E-state index is 11.3. The molecule has 1 saturated heterocycles. The lowest BCUT2D eigenvalue weighted by Gasteiger charge is -2.34. The highest BCUT2D eigenvalue weighted by atomic mass is 32.1. The van der Waals surface area contributed by atoms with Crippen molar-refractivity contribution in [3.63, 3.8) is 0 Å². The van der Waals surface area contributed by atoms with E-state index >= 15 is 0 Å². The molecule has 1 N–H and O–H groups in total.